The summed E-state index contributed by atoms with van der Waals surface area (Å²) in [5.41, 5.74) is 2.19. The van der Waals surface area contributed by atoms with Gasteiger partial charge in [-0.1, -0.05) is 24.3 Å². The Hall–Kier alpha value is -3.58. The smallest absolute Gasteiger partial charge is 0.335 e. The van der Waals surface area contributed by atoms with Crippen molar-refractivity contribution in [3.8, 4) is 11.3 Å². The van der Waals surface area contributed by atoms with Crippen LogP contribution in [0.2, 0.25) is 0 Å². The molecule has 6 nitrogen and oxygen atoms in total. The second-order valence-electron chi connectivity index (χ2n) is 6.39. The van der Waals surface area contributed by atoms with Crippen LogP contribution in [0.1, 0.15) is 21.7 Å². The molecule has 1 aliphatic heterocycles. The maximum Gasteiger partial charge on any atom is 0.335 e. The van der Waals surface area contributed by atoms with E-state index in [2.05, 4.69) is 0 Å². The summed E-state index contributed by atoms with van der Waals surface area (Å²) in [6.45, 7) is 1.86. The van der Waals surface area contributed by atoms with E-state index >= 15 is 0 Å². The summed E-state index contributed by atoms with van der Waals surface area (Å²) in [7, 11) is 0. The van der Waals surface area contributed by atoms with Gasteiger partial charge in [0.25, 0.3) is 11.1 Å². The summed E-state index contributed by atoms with van der Waals surface area (Å²) in [5, 5.41) is 8.83. The number of carboxylic acid groups (broad SMARTS) is 1. The zero-order valence-corrected chi connectivity index (χ0v) is 16.1. The number of imide groups is 1. The quantitative estimate of drug-likeness (QED) is 0.601. The number of carbonyl (C=O) groups excluding carboxylic acids is 2. The Balaban J connectivity index is 1.64. The van der Waals surface area contributed by atoms with Crippen molar-refractivity contribution in [3.63, 3.8) is 0 Å². The van der Waals surface area contributed by atoms with Crippen molar-refractivity contribution in [3.05, 3.63) is 82.5 Å². The number of anilines is 1. The fourth-order valence-corrected chi connectivity index (χ4v) is 3.81. The lowest BCUT2D eigenvalue weighted by atomic mass is 10.0. The Morgan fingerprint density at radius 3 is 2.55 bits per heavy atom. The molecule has 29 heavy (non-hydrogen) atoms. The fourth-order valence-electron chi connectivity index (χ4n) is 2.99. The summed E-state index contributed by atoms with van der Waals surface area (Å²) in [6, 6.07) is 16.9. The highest BCUT2D eigenvalue weighted by molar-refractivity contribution is 8.19. The van der Waals surface area contributed by atoms with Gasteiger partial charge < -0.3 is 9.52 Å². The molecule has 0 saturated carbocycles. The first-order valence-electron chi connectivity index (χ1n) is 8.71. The number of aryl methyl sites for hydroxylation is 1. The number of carbonyl (C=O) groups is 3. The SMILES string of the molecule is Cc1ccc(C(=O)O)cc1-c1ccc(/C=C2\SC(=O)N(c3ccccc3)C2=O)o1. The number of nitrogens with zero attached hydrogens (tertiary/aromatic N) is 1. The second kappa shape index (κ2) is 7.44. The fraction of sp³-hybridized carbons (Fsp3) is 0.0455. The van der Waals surface area contributed by atoms with E-state index in [0.29, 0.717) is 22.8 Å². The van der Waals surface area contributed by atoms with Gasteiger partial charge in [0.1, 0.15) is 11.5 Å². The number of furan rings is 1. The molecule has 7 heteroatoms. The van der Waals surface area contributed by atoms with Crippen LogP contribution in [0, 0.1) is 6.92 Å². The van der Waals surface area contributed by atoms with Crippen LogP contribution in [-0.4, -0.2) is 22.2 Å². The van der Waals surface area contributed by atoms with E-state index in [4.69, 9.17) is 4.42 Å². The van der Waals surface area contributed by atoms with Crippen LogP contribution in [0.3, 0.4) is 0 Å². The highest BCUT2D eigenvalue weighted by Crippen LogP contribution is 2.36. The van der Waals surface area contributed by atoms with Crippen molar-refractivity contribution < 1.29 is 23.9 Å². The lowest BCUT2D eigenvalue weighted by Crippen LogP contribution is -2.27. The van der Waals surface area contributed by atoms with Crippen molar-refractivity contribution in [1.29, 1.82) is 0 Å². The molecule has 1 aromatic heterocycles. The van der Waals surface area contributed by atoms with Crippen LogP contribution in [0.15, 0.2) is 70.0 Å². The average Bonchev–Trinajstić information content (AvgIpc) is 3.27. The normalized spacial score (nSPS) is 15.3. The first kappa shape index (κ1) is 18.8. The van der Waals surface area contributed by atoms with Crippen molar-refractivity contribution in [1.82, 2.24) is 0 Å². The van der Waals surface area contributed by atoms with Gasteiger partial charge in [-0.05, 0) is 60.6 Å². The summed E-state index contributed by atoms with van der Waals surface area (Å²) < 4.78 is 5.81. The topological polar surface area (TPSA) is 87.8 Å². The zero-order valence-electron chi connectivity index (χ0n) is 15.3. The Bertz CT molecular complexity index is 1160. The predicted octanol–water partition coefficient (Wildman–Crippen LogP) is 5.19. The lowest BCUT2D eigenvalue weighted by Gasteiger charge is -2.11. The van der Waals surface area contributed by atoms with Gasteiger partial charge in [-0.25, -0.2) is 9.69 Å². The molecule has 1 fully saturated rings. The Labute approximate surface area is 170 Å². The van der Waals surface area contributed by atoms with Crippen LogP contribution in [0.25, 0.3) is 17.4 Å². The zero-order chi connectivity index (χ0) is 20.5. The lowest BCUT2D eigenvalue weighted by molar-refractivity contribution is -0.113. The molecule has 0 spiro atoms. The molecule has 1 saturated heterocycles. The number of benzene rings is 2. The van der Waals surface area contributed by atoms with Gasteiger partial charge >= 0.3 is 5.97 Å². The molecule has 0 unspecified atom stereocenters. The number of thioether (sulfide) groups is 1. The molecule has 2 heterocycles. The summed E-state index contributed by atoms with van der Waals surface area (Å²) >= 11 is 0.847. The minimum absolute atomic E-state index is 0.160. The number of aromatic carboxylic acids is 1. The molecular formula is C22H15NO5S. The highest BCUT2D eigenvalue weighted by Gasteiger charge is 2.36. The Morgan fingerprint density at radius 1 is 1.07 bits per heavy atom. The maximum absolute atomic E-state index is 12.7. The largest absolute Gasteiger partial charge is 0.478 e. The molecule has 2 aromatic carbocycles. The van der Waals surface area contributed by atoms with E-state index < -0.39 is 11.9 Å². The number of hydrogen-bond donors (Lipinski definition) is 1. The van der Waals surface area contributed by atoms with E-state index in [-0.39, 0.29) is 15.7 Å². The number of para-hydroxylation sites is 1. The van der Waals surface area contributed by atoms with E-state index in [9.17, 15) is 19.5 Å². The maximum atomic E-state index is 12.7. The molecule has 0 aliphatic carbocycles. The Morgan fingerprint density at radius 2 is 1.83 bits per heavy atom. The van der Waals surface area contributed by atoms with Crippen molar-refractivity contribution in [2.75, 3.05) is 4.90 Å². The molecule has 2 amide bonds. The van der Waals surface area contributed by atoms with Gasteiger partial charge in [-0.2, -0.15) is 0 Å². The average molecular weight is 405 g/mol. The van der Waals surface area contributed by atoms with Gasteiger partial charge in [-0.15, -0.1) is 0 Å². The van der Waals surface area contributed by atoms with Crippen molar-refractivity contribution in [2.45, 2.75) is 6.92 Å². The second-order valence-corrected chi connectivity index (χ2v) is 7.38. The molecule has 1 N–H and O–H groups in total. The first-order chi connectivity index (χ1) is 13.9. The third kappa shape index (κ3) is 3.60. The standard InChI is InChI=1S/C22H15NO5S/c1-13-7-8-14(21(25)26)11-17(13)18-10-9-16(28-18)12-19-20(24)23(22(27)29-19)15-5-3-2-4-6-15/h2-12H,1H3,(H,25,26)/b19-12-. The highest BCUT2D eigenvalue weighted by atomic mass is 32.2. The van der Waals surface area contributed by atoms with Crippen LogP contribution in [0.5, 0.6) is 0 Å². The van der Waals surface area contributed by atoms with Crippen LogP contribution < -0.4 is 4.90 Å². The van der Waals surface area contributed by atoms with Gasteiger partial charge in [0.15, 0.2) is 0 Å². The first-order valence-corrected chi connectivity index (χ1v) is 9.53. The van der Waals surface area contributed by atoms with E-state index in [1.54, 1.807) is 48.5 Å². The van der Waals surface area contributed by atoms with Crippen LogP contribution in [-0.2, 0) is 4.79 Å². The molecule has 1 aliphatic rings. The third-order valence-corrected chi connectivity index (χ3v) is 5.33. The molecular weight excluding hydrogens is 390 g/mol. The number of hydrogen-bond acceptors (Lipinski definition) is 5. The minimum atomic E-state index is -1.02. The number of carboxylic acids is 1. The summed E-state index contributed by atoms with van der Waals surface area (Å²) in [6.07, 6.45) is 1.52. The minimum Gasteiger partial charge on any atom is -0.478 e. The van der Waals surface area contributed by atoms with E-state index in [1.807, 2.05) is 13.0 Å². The van der Waals surface area contributed by atoms with Crippen molar-refractivity contribution >= 4 is 40.6 Å². The molecule has 3 aromatic rings. The van der Waals surface area contributed by atoms with Crippen LogP contribution >= 0.6 is 11.8 Å². The Kier molecular flexibility index (Phi) is 4.82. The molecule has 0 bridgehead atoms. The van der Waals surface area contributed by atoms with E-state index in [0.717, 1.165) is 22.2 Å². The van der Waals surface area contributed by atoms with Crippen LogP contribution in [0.4, 0.5) is 10.5 Å². The predicted molar refractivity (Wildman–Crippen MR) is 111 cm³/mol. The van der Waals surface area contributed by atoms with Gasteiger partial charge in [0.05, 0.1) is 16.2 Å². The molecule has 0 atom stereocenters. The van der Waals surface area contributed by atoms with E-state index in [1.165, 1.54) is 12.1 Å². The summed E-state index contributed by atoms with van der Waals surface area (Å²) in [5.74, 6) is -0.543. The van der Waals surface area contributed by atoms with Gasteiger partial charge in [-0.3, -0.25) is 9.59 Å². The molecule has 4 rings (SSSR count). The number of amides is 2. The van der Waals surface area contributed by atoms with Gasteiger partial charge in [0, 0.05) is 11.6 Å². The number of rotatable bonds is 4. The third-order valence-electron chi connectivity index (χ3n) is 4.46. The summed E-state index contributed by atoms with van der Waals surface area (Å²) in [4.78, 5) is 37.6. The molecule has 144 valence electrons. The van der Waals surface area contributed by atoms with Gasteiger partial charge in [0.2, 0.25) is 0 Å². The monoisotopic (exact) mass is 405 g/mol. The molecule has 0 radical (unpaired) electrons. The van der Waals surface area contributed by atoms with Crippen molar-refractivity contribution in [2.24, 2.45) is 0 Å².